The number of hydrogen-bond donors (Lipinski definition) is 3. The third-order valence-corrected chi connectivity index (χ3v) is 5.12. The van der Waals surface area contributed by atoms with Crippen molar-refractivity contribution in [3.05, 3.63) is 66.7 Å². The minimum atomic E-state index is -0.335. The monoisotopic (exact) mass is 446 g/mol. The van der Waals surface area contributed by atoms with Crippen LogP contribution in [0.4, 0.5) is 33.2 Å². The molecule has 2 aromatic carbocycles. The second-order valence-corrected chi connectivity index (χ2v) is 7.22. The Balaban J connectivity index is 0.00000126. The van der Waals surface area contributed by atoms with Crippen LogP contribution in [0.1, 0.15) is 13.8 Å². The van der Waals surface area contributed by atoms with Crippen LogP contribution >= 0.6 is 0 Å². The van der Waals surface area contributed by atoms with Gasteiger partial charge in [0.15, 0.2) is 0 Å². The molecule has 0 bridgehead atoms. The SMILES string of the molecule is CC.Fc1ccc2nncc(Nc3ccnc(Nc4ccc(N5CCNCC5)cc4)n3)c2c1. The number of piperazine rings is 1. The van der Waals surface area contributed by atoms with Crippen molar-refractivity contribution in [2.75, 3.05) is 41.7 Å². The van der Waals surface area contributed by atoms with Gasteiger partial charge in [-0.3, -0.25) is 0 Å². The van der Waals surface area contributed by atoms with Crippen LogP contribution in [0.5, 0.6) is 0 Å². The van der Waals surface area contributed by atoms with Gasteiger partial charge in [0.1, 0.15) is 11.6 Å². The average Bonchev–Trinajstić information content (AvgIpc) is 2.87. The van der Waals surface area contributed by atoms with Crippen LogP contribution in [0, 0.1) is 5.82 Å². The Morgan fingerprint density at radius 1 is 0.970 bits per heavy atom. The summed E-state index contributed by atoms with van der Waals surface area (Å²) < 4.78 is 13.7. The fraction of sp³-hybridized carbons (Fsp3) is 0.250. The van der Waals surface area contributed by atoms with Gasteiger partial charge in [0, 0.05) is 49.1 Å². The molecule has 1 aliphatic rings. The molecule has 0 spiro atoms. The fourth-order valence-corrected chi connectivity index (χ4v) is 3.56. The smallest absolute Gasteiger partial charge is 0.229 e. The lowest BCUT2D eigenvalue weighted by atomic mass is 10.2. The van der Waals surface area contributed by atoms with E-state index in [2.05, 4.69) is 53.1 Å². The topological polar surface area (TPSA) is 90.9 Å². The van der Waals surface area contributed by atoms with Crippen LogP contribution < -0.4 is 20.9 Å². The molecule has 4 aromatic rings. The van der Waals surface area contributed by atoms with Crippen LogP contribution in [0.2, 0.25) is 0 Å². The van der Waals surface area contributed by atoms with Crippen LogP contribution in [-0.2, 0) is 0 Å². The summed E-state index contributed by atoms with van der Waals surface area (Å²) >= 11 is 0. The van der Waals surface area contributed by atoms with Crippen molar-refractivity contribution in [2.24, 2.45) is 0 Å². The molecule has 0 saturated carbocycles. The molecule has 1 fully saturated rings. The molecule has 0 amide bonds. The van der Waals surface area contributed by atoms with Crippen molar-refractivity contribution in [2.45, 2.75) is 13.8 Å². The highest BCUT2D eigenvalue weighted by Crippen LogP contribution is 2.25. The summed E-state index contributed by atoms with van der Waals surface area (Å²) in [5.74, 6) is 0.684. The van der Waals surface area contributed by atoms with E-state index in [9.17, 15) is 4.39 Å². The number of nitrogens with zero attached hydrogens (tertiary/aromatic N) is 5. The number of rotatable bonds is 5. The Morgan fingerprint density at radius 2 is 1.76 bits per heavy atom. The molecule has 0 unspecified atom stereocenters. The maximum atomic E-state index is 13.7. The van der Waals surface area contributed by atoms with Crippen molar-refractivity contribution < 1.29 is 4.39 Å². The fourth-order valence-electron chi connectivity index (χ4n) is 3.56. The predicted molar refractivity (Wildman–Crippen MR) is 131 cm³/mol. The summed E-state index contributed by atoms with van der Waals surface area (Å²) in [6.07, 6.45) is 3.20. The first-order chi connectivity index (χ1) is 16.2. The number of hydrogen-bond acceptors (Lipinski definition) is 8. The zero-order chi connectivity index (χ0) is 23.0. The summed E-state index contributed by atoms with van der Waals surface area (Å²) in [5, 5.41) is 18.4. The van der Waals surface area contributed by atoms with Crippen LogP contribution in [0.3, 0.4) is 0 Å². The number of nitrogens with one attached hydrogen (secondary N) is 3. The first-order valence-corrected chi connectivity index (χ1v) is 11.1. The van der Waals surface area contributed by atoms with E-state index >= 15 is 0 Å². The average molecular weight is 447 g/mol. The molecule has 170 valence electrons. The molecule has 0 atom stereocenters. The first-order valence-electron chi connectivity index (χ1n) is 11.1. The van der Waals surface area contributed by atoms with Crippen LogP contribution in [-0.4, -0.2) is 46.3 Å². The first kappa shape index (κ1) is 22.3. The number of anilines is 5. The zero-order valence-electron chi connectivity index (χ0n) is 18.7. The van der Waals surface area contributed by atoms with Crippen molar-refractivity contribution in [1.29, 1.82) is 0 Å². The van der Waals surface area contributed by atoms with Gasteiger partial charge in [0.25, 0.3) is 0 Å². The maximum Gasteiger partial charge on any atom is 0.229 e. The third-order valence-electron chi connectivity index (χ3n) is 5.12. The Morgan fingerprint density at radius 3 is 2.55 bits per heavy atom. The van der Waals surface area contributed by atoms with E-state index in [-0.39, 0.29) is 5.82 Å². The van der Waals surface area contributed by atoms with Crippen molar-refractivity contribution in [1.82, 2.24) is 25.5 Å². The summed E-state index contributed by atoms with van der Waals surface area (Å²) in [5.41, 5.74) is 3.32. The van der Waals surface area contributed by atoms with Gasteiger partial charge in [0.05, 0.1) is 17.4 Å². The number of fused-ring (bicyclic) bond motifs is 1. The second kappa shape index (κ2) is 10.6. The molecule has 9 heteroatoms. The highest BCUT2D eigenvalue weighted by Gasteiger charge is 2.10. The molecule has 1 saturated heterocycles. The van der Waals surface area contributed by atoms with Crippen LogP contribution in [0.25, 0.3) is 10.9 Å². The summed E-state index contributed by atoms with van der Waals surface area (Å²) in [6, 6.07) is 14.4. The molecule has 2 aromatic heterocycles. The molecule has 0 radical (unpaired) electrons. The van der Waals surface area contributed by atoms with E-state index in [1.165, 1.54) is 17.8 Å². The van der Waals surface area contributed by atoms with Gasteiger partial charge in [-0.1, -0.05) is 13.8 Å². The van der Waals surface area contributed by atoms with E-state index in [1.54, 1.807) is 24.5 Å². The molecule has 0 aliphatic carbocycles. The van der Waals surface area contributed by atoms with Crippen molar-refractivity contribution in [3.8, 4) is 0 Å². The molecule has 5 rings (SSSR count). The van der Waals surface area contributed by atoms with Gasteiger partial charge in [-0.2, -0.15) is 15.2 Å². The molecule has 8 nitrogen and oxygen atoms in total. The highest BCUT2D eigenvalue weighted by atomic mass is 19.1. The summed E-state index contributed by atoms with van der Waals surface area (Å²) in [7, 11) is 0. The highest BCUT2D eigenvalue weighted by molar-refractivity contribution is 5.91. The predicted octanol–water partition coefficient (Wildman–Crippen LogP) is 4.48. The van der Waals surface area contributed by atoms with Gasteiger partial charge in [-0.05, 0) is 48.5 Å². The van der Waals surface area contributed by atoms with Gasteiger partial charge < -0.3 is 20.9 Å². The van der Waals surface area contributed by atoms with E-state index in [1.807, 2.05) is 26.0 Å². The lowest BCUT2D eigenvalue weighted by Gasteiger charge is -2.29. The lowest BCUT2D eigenvalue weighted by Crippen LogP contribution is -2.43. The standard InChI is InChI=1S/C22H21FN8.C2H6/c23-15-1-6-19-18(13-15)20(14-26-30-19)28-21-7-8-25-22(29-21)27-16-2-4-17(5-3-16)31-11-9-24-10-12-31;1-2/h1-8,13-14,24H,9-12H2,(H2,25,27,28,29,30);1-2H3. The van der Waals surface area contributed by atoms with Gasteiger partial charge >= 0.3 is 0 Å². The quantitative estimate of drug-likeness (QED) is 0.413. The molecule has 3 heterocycles. The number of benzene rings is 2. The van der Waals surface area contributed by atoms with Crippen molar-refractivity contribution in [3.63, 3.8) is 0 Å². The maximum absolute atomic E-state index is 13.7. The number of halogens is 1. The van der Waals surface area contributed by atoms with E-state index in [0.29, 0.717) is 28.4 Å². The summed E-state index contributed by atoms with van der Waals surface area (Å²) in [6.45, 7) is 8.02. The van der Waals surface area contributed by atoms with E-state index in [0.717, 1.165) is 31.9 Å². The Kier molecular flexibility index (Phi) is 7.21. The molecular formula is C24H27FN8. The van der Waals surface area contributed by atoms with Gasteiger partial charge in [-0.25, -0.2) is 9.37 Å². The van der Waals surface area contributed by atoms with Crippen LogP contribution in [0.15, 0.2) is 60.9 Å². The minimum Gasteiger partial charge on any atom is -0.369 e. The lowest BCUT2D eigenvalue weighted by molar-refractivity contribution is 0.589. The zero-order valence-corrected chi connectivity index (χ0v) is 18.7. The van der Waals surface area contributed by atoms with Crippen molar-refractivity contribution >= 4 is 39.7 Å². The largest absolute Gasteiger partial charge is 0.369 e. The van der Waals surface area contributed by atoms with Gasteiger partial charge in [-0.15, -0.1) is 0 Å². The second-order valence-electron chi connectivity index (χ2n) is 7.22. The van der Waals surface area contributed by atoms with Gasteiger partial charge in [0.2, 0.25) is 5.95 Å². The number of aromatic nitrogens is 4. The van der Waals surface area contributed by atoms with E-state index in [4.69, 9.17) is 0 Å². The molecular weight excluding hydrogens is 419 g/mol. The summed E-state index contributed by atoms with van der Waals surface area (Å²) in [4.78, 5) is 11.2. The Hall–Kier alpha value is -3.85. The molecule has 3 N–H and O–H groups in total. The minimum absolute atomic E-state index is 0.335. The molecule has 1 aliphatic heterocycles. The van der Waals surface area contributed by atoms with E-state index < -0.39 is 0 Å². The third kappa shape index (κ3) is 5.50. The Bertz CT molecular complexity index is 1190. The Labute approximate surface area is 192 Å². The normalized spacial score (nSPS) is 13.2. The molecule has 33 heavy (non-hydrogen) atoms.